The Hall–Kier alpha value is -2.50. The van der Waals surface area contributed by atoms with Gasteiger partial charge in [-0.25, -0.2) is 9.78 Å². The molecule has 1 aromatic carbocycles. The van der Waals surface area contributed by atoms with Gasteiger partial charge in [0, 0.05) is 58.9 Å². The van der Waals surface area contributed by atoms with Gasteiger partial charge in [-0.15, -0.1) is 11.3 Å². The third-order valence-electron chi connectivity index (χ3n) is 5.80. The first-order valence-electron chi connectivity index (χ1n) is 11.5. The molecule has 2 aliphatic heterocycles. The summed E-state index contributed by atoms with van der Waals surface area (Å²) < 4.78 is 11.2. The number of carboxylic acid groups (broad SMARTS) is 1. The average Bonchev–Trinajstić information content (AvgIpc) is 3.38. The molecule has 2 aromatic rings. The minimum Gasteiger partial charge on any atom is -0.481 e. The van der Waals surface area contributed by atoms with Crippen LogP contribution in [-0.2, 0) is 19.1 Å². The summed E-state index contributed by atoms with van der Waals surface area (Å²) in [5.74, 6) is -0.822. The lowest BCUT2D eigenvalue weighted by molar-refractivity contribution is -0.139. The molecule has 1 aromatic heterocycles. The number of ether oxygens (including phenoxy) is 2. The number of aromatic nitrogens is 1. The average molecular weight is 553 g/mol. The Balaban J connectivity index is 1.71. The van der Waals surface area contributed by atoms with Crippen LogP contribution in [0.25, 0.3) is 0 Å². The Bertz CT molecular complexity index is 1170. The van der Waals surface area contributed by atoms with Crippen molar-refractivity contribution in [2.75, 3.05) is 32.8 Å². The van der Waals surface area contributed by atoms with E-state index in [0.29, 0.717) is 70.4 Å². The predicted octanol–water partition coefficient (Wildman–Crippen LogP) is 3.92. The van der Waals surface area contributed by atoms with Crippen molar-refractivity contribution in [2.45, 2.75) is 31.9 Å². The first-order chi connectivity index (χ1) is 17.4. The highest BCUT2D eigenvalue weighted by Crippen LogP contribution is 2.37. The van der Waals surface area contributed by atoms with Gasteiger partial charge in [0.1, 0.15) is 6.04 Å². The highest BCUT2D eigenvalue weighted by molar-refractivity contribution is 7.11. The Morgan fingerprint density at radius 3 is 2.89 bits per heavy atom. The minimum absolute atomic E-state index is 0.0333. The van der Waals surface area contributed by atoms with E-state index in [4.69, 9.17) is 42.8 Å². The topological polar surface area (TPSA) is 113 Å². The second kappa shape index (κ2) is 12.2. The Morgan fingerprint density at radius 2 is 2.19 bits per heavy atom. The van der Waals surface area contributed by atoms with Crippen LogP contribution in [0.3, 0.4) is 0 Å². The summed E-state index contributed by atoms with van der Waals surface area (Å²) in [7, 11) is 0. The van der Waals surface area contributed by atoms with Crippen molar-refractivity contribution in [1.82, 2.24) is 15.2 Å². The van der Waals surface area contributed by atoms with Crippen LogP contribution in [0, 0.1) is 0 Å². The lowest BCUT2D eigenvalue weighted by atomic mass is 9.95. The first kappa shape index (κ1) is 26.6. The van der Waals surface area contributed by atoms with Crippen LogP contribution in [0.4, 0.5) is 0 Å². The molecule has 1 fully saturated rings. The minimum atomic E-state index is -0.857. The molecule has 0 aliphatic carbocycles. The maximum Gasteiger partial charge on any atom is 0.338 e. The number of aliphatic imine (C=N–C) groups is 1. The molecule has 0 unspecified atom stereocenters. The molecule has 0 saturated carbocycles. The number of rotatable bonds is 9. The molecule has 12 heteroatoms. The number of thiazole rings is 1. The van der Waals surface area contributed by atoms with Crippen LogP contribution in [0.2, 0.25) is 10.0 Å². The van der Waals surface area contributed by atoms with Crippen LogP contribution in [-0.4, -0.2) is 71.7 Å². The first-order valence-corrected chi connectivity index (χ1v) is 13.1. The fraction of sp³-hybridized carbons (Fsp3) is 0.417. The molecule has 0 bridgehead atoms. The van der Waals surface area contributed by atoms with Crippen molar-refractivity contribution in [3.05, 3.63) is 61.7 Å². The number of carbonyl (C=O) groups is 2. The molecule has 192 valence electrons. The molecule has 36 heavy (non-hydrogen) atoms. The Morgan fingerprint density at radius 1 is 1.36 bits per heavy atom. The third kappa shape index (κ3) is 6.43. The molecular weight excluding hydrogens is 527 g/mol. The van der Waals surface area contributed by atoms with Crippen molar-refractivity contribution < 1.29 is 24.2 Å². The SMILES string of the molecule is CCOC(=O)C1=C(CN2CCO[C@H](CCC(=O)O)C2)NC(c2nccs2)=N[C@H]1c1ccc(Cl)cc1Cl. The van der Waals surface area contributed by atoms with Crippen molar-refractivity contribution >= 4 is 52.3 Å². The number of benzene rings is 1. The van der Waals surface area contributed by atoms with E-state index in [1.807, 2.05) is 5.38 Å². The molecule has 2 aliphatic rings. The van der Waals surface area contributed by atoms with Crippen molar-refractivity contribution in [2.24, 2.45) is 4.99 Å². The second-order valence-corrected chi connectivity index (χ2v) is 10.0. The van der Waals surface area contributed by atoms with E-state index in [1.165, 1.54) is 11.3 Å². The summed E-state index contributed by atoms with van der Waals surface area (Å²) in [6.45, 7) is 3.96. The van der Waals surface area contributed by atoms with Gasteiger partial charge in [0.25, 0.3) is 0 Å². The van der Waals surface area contributed by atoms with E-state index in [2.05, 4.69) is 15.2 Å². The molecule has 9 nitrogen and oxygen atoms in total. The maximum absolute atomic E-state index is 13.3. The zero-order valence-electron chi connectivity index (χ0n) is 19.6. The number of nitrogens with zero attached hydrogens (tertiary/aromatic N) is 3. The summed E-state index contributed by atoms with van der Waals surface area (Å²) in [5.41, 5.74) is 1.61. The molecule has 4 rings (SSSR count). The second-order valence-electron chi connectivity index (χ2n) is 8.28. The molecule has 0 radical (unpaired) electrons. The van der Waals surface area contributed by atoms with E-state index in [-0.39, 0.29) is 19.1 Å². The number of aliphatic carboxylic acids is 1. The summed E-state index contributed by atoms with van der Waals surface area (Å²) in [4.78, 5) is 35.6. The van der Waals surface area contributed by atoms with E-state index in [9.17, 15) is 9.59 Å². The fourth-order valence-corrected chi connectivity index (χ4v) is 5.27. The number of carboxylic acids is 1. The van der Waals surface area contributed by atoms with Gasteiger partial charge in [-0.2, -0.15) is 0 Å². The largest absolute Gasteiger partial charge is 0.481 e. The summed E-state index contributed by atoms with van der Waals surface area (Å²) >= 11 is 14.1. The number of hydrogen-bond acceptors (Lipinski definition) is 9. The quantitative estimate of drug-likeness (QED) is 0.450. The smallest absolute Gasteiger partial charge is 0.338 e. The molecule has 0 amide bonds. The highest BCUT2D eigenvalue weighted by Gasteiger charge is 2.35. The number of amidine groups is 1. The lowest BCUT2D eigenvalue weighted by Crippen LogP contribution is -2.46. The van der Waals surface area contributed by atoms with Gasteiger partial charge in [-0.1, -0.05) is 29.3 Å². The summed E-state index contributed by atoms with van der Waals surface area (Å²) in [5, 5.41) is 15.7. The number of halogens is 2. The third-order valence-corrected chi connectivity index (χ3v) is 7.14. The zero-order valence-corrected chi connectivity index (χ0v) is 21.9. The summed E-state index contributed by atoms with van der Waals surface area (Å²) in [6.07, 6.45) is 1.93. The van der Waals surface area contributed by atoms with Gasteiger partial charge in [-0.3, -0.25) is 14.7 Å². The van der Waals surface area contributed by atoms with Crippen LogP contribution in [0.15, 0.2) is 46.0 Å². The normalized spacial score (nSPS) is 20.6. The lowest BCUT2D eigenvalue weighted by Gasteiger charge is -2.35. The number of carbonyl (C=O) groups excluding carboxylic acids is 1. The van der Waals surface area contributed by atoms with E-state index >= 15 is 0 Å². The van der Waals surface area contributed by atoms with Gasteiger partial charge in [0.05, 0.1) is 24.9 Å². The van der Waals surface area contributed by atoms with E-state index in [0.717, 1.165) is 0 Å². The zero-order chi connectivity index (χ0) is 25.7. The maximum atomic E-state index is 13.3. The van der Waals surface area contributed by atoms with Crippen molar-refractivity contribution in [3.8, 4) is 0 Å². The summed E-state index contributed by atoms with van der Waals surface area (Å²) in [6, 6.07) is 4.36. The highest BCUT2D eigenvalue weighted by atomic mass is 35.5. The molecule has 2 N–H and O–H groups in total. The number of nitrogens with one attached hydrogen (secondary N) is 1. The van der Waals surface area contributed by atoms with Crippen LogP contribution in [0.5, 0.6) is 0 Å². The monoisotopic (exact) mass is 552 g/mol. The van der Waals surface area contributed by atoms with Crippen LogP contribution < -0.4 is 5.32 Å². The van der Waals surface area contributed by atoms with Gasteiger partial charge >= 0.3 is 11.9 Å². The fourth-order valence-electron chi connectivity index (χ4n) is 4.17. The van der Waals surface area contributed by atoms with Crippen LogP contribution in [0.1, 0.15) is 36.4 Å². The molecular formula is C24H26Cl2N4O5S. The van der Waals surface area contributed by atoms with Gasteiger partial charge in [0.2, 0.25) is 0 Å². The Kier molecular flexibility index (Phi) is 8.97. The van der Waals surface area contributed by atoms with Gasteiger partial charge in [-0.05, 0) is 25.5 Å². The van der Waals surface area contributed by atoms with Crippen LogP contribution >= 0.6 is 34.5 Å². The molecule has 0 spiro atoms. The number of morpholine rings is 1. The standard InChI is InChI=1S/C24H26Cl2N4O5S/c1-2-34-24(33)20-18(13-30-8-9-35-15(12-30)4-6-19(31)32)28-22(23-27-7-10-36-23)29-21(20)16-5-3-14(25)11-17(16)26/h3,5,7,10-11,15,21H,2,4,6,8-9,12-13H2,1H3,(H,28,29)(H,31,32)/t15-,21+/m1/s1. The van der Waals surface area contributed by atoms with Crippen molar-refractivity contribution in [1.29, 1.82) is 0 Å². The van der Waals surface area contributed by atoms with E-state index in [1.54, 1.807) is 31.3 Å². The molecule has 1 saturated heterocycles. The van der Waals surface area contributed by atoms with E-state index < -0.39 is 18.0 Å². The molecule has 3 heterocycles. The van der Waals surface area contributed by atoms with Crippen molar-refractivity contribution in [3.63, 3.8) is 0 Å². The molecule has 2 atom stereocenters. The van der Waals surface area contributed by atoms with Gasteiger partial charge < -0.3 is 19.9 Å². The predicted molar refractivity (Wildman–Crippen MR) is 138 cm³/mol. The number of esters is 1. The number of hydrogen-bond donors (Lipinski definition) is 2. The Labute approximate surface area is 222 Å². The van der Waals surface area contributed by atoms with Gasteiger partial charge in [0.15, 0.2) is 10.8 Å².